The Morgan fingerprint density at radius 1 is 1.00 bits per heavy atom. The average molecular weight is 327 g/mol. The Morgan fingerprint density at radius 3 is 1.86 bits per heavy atom. The number of halogens is 1. The molecule has 114 valence electrons. The summed E-state index contributed by atoms with van der Waals surface area (Å²) in [6.07, 6.45) is 5.91. The molecule has 21 heavy (non-hydrogen) atoms. The minimum absolute atomic E-state index is 0.0822. The van der Waals surface area contributed by atoms with Crippen molar-refractivity contribution in [3.63, 3.8) is 0 Å². The molecule has 2 bridgehead atoms. The normalized spacial score (nSPS) is 32.1. The van der Waals surface area contributed by atoms with Crippen LogP contribution in [-0.4, -0.2) is 14.2 Å². The first kappa shape index (κ1) is 15.0. The summed E-state index contributed by atoms with van der Waals surface area (Å²) in [5.74, 6) is 0.333. The van der Waals surface area contributed by atoms with Crippen molar-refractivity contribution in [3.05, 3.63) is 29.8 Å². The van der Waals surface area contributed by atoms with Crippen molar-refractivity contribution in [2.45, 2.75) is 55.8 Å². The predicted molar refractivity (Wildman–Crippen MR) is 82.0 cm³/mol. The molecule has 0 unspecified atom stereocenters. The van der Waals surface area contributed by atoms with Gasteiger partial charge in [-0.1, -0.05) is 12.1 Å². The van der Waals surface area contributed by atoms with Crippen LogP contribution in [0.3, 0.4) is 0 Å². The van der Waals surface area contributed by atoms with E-state index < -0.39 is 9.05 Å². The first-order chi connectivity index (χ1) is 9.78. The zero-order valence-corrected chi connectivity index (χ0v) is 13.6. The summed E-state index contributed by atoms with van der Waals surface area (Å²) in [7, 11) is 1.70. The van der Waals surface area contributed by atoms with Gasteiger partial charge in [-0.15, -0.1) is 0 Å². The van der Waals surface area contributed by atoms with Crippen molar-refractivity contribution in [2.24, 2.45) is 5.41 Å². The fraction of sp³-hybridized carbons (Fsp3) is 0.562. The van der Waals surface area contributed by atoms with E-state index in [2.05, 4.69) is 0 Å². The van der Waals surface area contributed by atoms with Gasteiger partial charge in [-0.25, -0.2) is 8.42 Å². The van der Waals surface area contributed by atoms with Crippen molar-refractivity contribution < 1.29 is 13.2 Å². The van der Waals surface area contributed by atoms with E-state index in [0.717, 1.165) is 38.5 Å². The Morgan fingerprint density at radius 2 is 1.48 bits per heavy atom. The van der Waals surface area contributed by atoms with Crippen LogP contribution >= 0.6 is 10.7 Å². The van der Waals surface area contributed by atoms with Crippen molar-refractivity contribution in [2.75, 3.05) is 0 Å². The maximum atomic E-state index is 11.9. The molecule has 0 saturated heterocycles. The lowest BCUT2D eigenvalue weighted by molar-refractivity contribution is -0.133. The number of rotatable bonds is 3. The lowest BCUT2D eigenvalue weighted by atomic mass is 9.51. The topological polar surface area (TPSA) is 51.2 Å². The molecule has 0 radical (unpaired) electrons. The van der Waals surface area contributed by atoms with Gasteiger partial charge in [-0.2, -0.15) is 0 Å². The highest BCUT2D eigenvalue weighted by atomic mass is 35.7. The summed E-state index contributed by atoms with van der Waals surface area (Å²) in [5, 5.41) is 0. The zero-order chi connectivity index (χ0) is 15.3. The molecule has 0 atom stereocenters. The fourth-order valence-corrected chi connectivity index (χ4v) is 4.89. The van der Waals surface area contributed by atoms with E-state index in [0.29, 0.717) is 5.78 Å². The van der Waals surface area contributed by atoms with Crippen LogP contribution in [0.25, 0.3) is 0 Å². The minimum atomic E-state index is -3.66. The van der Waals surface area contributed by atoms with Crippen LogP contribution in [0.2, 0.25) is 0 Å². The van der Waals surface area contributed by atoms with Gasteiger partial charge < -0.3 is 0 Å². The highest BCUT2D eigenvalue weighted by Crippen LogP contribution is 2.58. The molecule has 0 heterocycles. The van der Waals surface area contributed by atoms with Crippen molar-refractivity contribution in [1.29, 1.82) is 0 Å². The highest BCUT2D eigenvalue weighted by Gasteiger charge is 2.51. The molecule has 3 nitrogen and oxygen atoms in total. The molecule has 3 aliphatic rings. The standard InChI is InChI=1S/C16H19ClO3S/c1-12(18)15-6-9-16(10-7-15,11-8-15)13-2-4-14(5-3-13)21(17,19)20/h2-5H,6-11H2,1H3. The SMILES string of the molecule is CC(=O)C12CCC(c3ccc(S(=O)(=O)Cl)cc3)(CC1)CC2. The van der Waals surface area contributed by atoms with Gasteiger partial charge in [0.15, 0.2) is 0 Å². The van der Waals surface area contributed by atoms with Crippen LogP contribution in [0.1, 0.15) is 51.0 Å². The van der Waals surface area contributed by atoms with E-state index in [1.54, 1.807) is 19.1 Å². The van der Waals surface area contributed by atoms with Gasteiger partial charge >= 0.3 is 0 Å². The Balaban J connectivity index is 1.88. The fourth-order valence-electron chi connectivity index (χ4n) is 4.12. The number of Topliss-reactive ketones (excluding diaryl/α,β-unsaturated/α-hetero) is 1. The molecule has 3 saturated carbocycles. The first-order valence-electron chi connectivity index (χ1n) is 7.34. The summed E-state index contributed by atoms with van der Waals surface area (Å²) in [5.41, 5.74) is 1.22. The Kier molecular flexibility index (Phi) is 3.45. The highest BCUT2D eigenvalue weighted by molar-refractivity contribution is 8.13. The van der Waals surface area contributed by atoms with Crippen LogP contribution < -0.4 is 0 Å². The second-order valence-corrected chi connectivity index (χ2v) is 9.15. The molecule has 0 amide bonds. The first-order valence-corrected chi connectivity index (χ1v) is 9.65. The lowest BCUT2D eigenvalue weighted by Crippen LogP contribution is -2.47. The number of ketones is 1. The largest absolute Gasteiger partial charge is 0.299 e. The number of benzene rings is 1. The van der Waals surface area contributed by atoms with E-state index in [1.165, 1.54) is 5.56 Å². The molecule has 0 spiro atoms. The van der Waals surface area contributed by atoms with E-state index >= 15 is 0 Å². The summed E-state index contributed by atoms with van der Waals surface area (Å²) in [6.45, 7) is 1.72. The van der Waals surface area contributed by atoms with E-state index in [4.69, 9.17) is 10.7 Å². The van der Waals surface area contributed by atoms with Gasteiger partial charge in [0.25, 0.3) is 9.05 Å². The molecule has 5 heteroatoms. The summed E-state index contributed by atoms with van der Waals surface area (Å²) in [6, 6.07) is 6.96. The van der Waals surface area contributed by atoms with Crippen LogP contribution in [0.5, 0.6) is 0 Å². The van der Waals surface area contributed by atoms with Crippen molar-refractivity contribution in [3.8, 4) is 0 Å². The second kappa shape index (κ2) is 4.82. The zero-order valence-electron chi connectivity index (χ0n) is 12.1. The van der Waals surface area contributed by atoms with Crippen LogP contribution in [0.4, 0.5) is 0 Å². The van der Waals surface area contributed by atoms with E-state index in [1.807, 2.05) is 12.1 Å². The molecule has 1 aromatic rings. The predicted octanol–water partition coefficient (Wildman–Crippen LogP) is 3.80. The van der Waals surface area contributed by atoms with Gasteiger partial charge in [0, 0.05) is 16.1 Å². The third-order valence-corrected chi connectivity index (χ3v) is 7.11. The van der Waals surface area contributed by atoms with Crippen LogP contribution in [0, 0.1) is 5.41 Å². The average Bonchev–Trinajstić information content (AvgIpc) is 2.48. The molecule has 0 aliphatic heterocycles. The minimum Gasteiger partial charge on any atom is -0.299 e. The maximum absolute atomic E-state index is 11.9. The van der Waals surface area contributed by atoms with Gasteiger partial charge in [-0.05, 0) is 68.6 Å². The molecule has 3 aliphatic carbocycles. The Bertz CT molecular complexity index is 651. The lowest BCUT2D eigenvalue weighted by Gasteiger charge is -2.52. The van der Waals surface area contributed by atoms with E-state index in [-0.39, 0.29) is 15.7 Å². The number of fused-ring (bicyclic) bond motifs is 3. The number of hydrogen-bond acceptors (Lipinski definition) is 3. The van der Waals surface area contributed by atoms with Gasteiger partial charge in [-0.3, -0.25) is 4.79 Å². The monoisotopic (exact) mass is 326 g/mol. The third-order valence-electron chi connectivity index (χ3n) is 5.74. The third kappa shape index (κ3) is 2.42. The molecule has 4 rings (SSSR count). The van der Waals surface area contributed by atoms with Crippen molar-refractivity contribution in [1.82, 2.24) is 0 Å². The molecule has 1 aromatic carbocycles. The van der Waals surface area contributed by atoms with Gasteiger partial charge in [0.2, 0.25) is 0 Å². The smallest absolute Gasteiger partial charge is 0.261 e. The van der Waals surface area contributed by atoms with Crippen LogP contribution in [-0.2, 0) is 19.3 Å². The maximum Gasteiger partial charge on any atom is 0.261 e. The summed E-state index contributed by atoms with van der Waals surface area (Å²) >= 11 is 0. The number of carbonyl (C=O) groups is 1. The van der Waals surface area contributed by atoms with Crippen molar-refractivity contribution >= 4 is 25.5 Å². The summed E-state index contributed by atoms with van der Waals surface area (Å²) < 4.78 is 22.6. The second-order valence-electron chi connectivity index (χ2n) is 6.58. The van der Waals surface area contributed by atoms with Gasteiger partial charge in [0.1, 0.15) is 5.78 Å². The van der Waals surface area contributed by atoms with Crippen LogP contribution in [0.15, 0.2) is 29.2 Å². The summed E-state index contributed by atoms with van der Waals surface area (Å²) in [4.78, 5) is 12.0. The molecular formula is C16H19ClO3S. The molecule has 3 fully saturated rings. The number of carbonyl (C=O) groups excluding carboxylic acids is 1. The Hall–Kier alpha value is -0.870. The quantitative estimate of drug-likeness (QED) is 0.794. The molecule has 0 aromatic heterocycles. The van der Waals surface area contributed by atoms with Gasteiger partial charge in [0.05, 0.1) is 4.90 Å². The molecule has 0 N–H and O–H groups in total. The Labute approximate surface area is 130 Å². The van der Waals surface area contributed by atoms with E-state index in [9.17, 15) is 13.2 Å². The number of hydrogen-bond donors (Lipinski definition) is 0. The molecular weight excluding hydrogens is 308 g/mol.